The van der Waals surface area contributed by atoms with Crippen LogP contribution in [-0.2, 0) is 14.3 Å². The third-order valence-corrected chi connectivity index (χ3v) is 8.17. The van der Waals surface area contributed by atoms with Gasteiger partial charge in [0.15, 0.2) is 0 Å². The van der Waals surface area contributed by atoms with Gasteiger partial charge in [0.05, 0.1) is 5.41 Å². The number of hydrogen-bond acceptors (Lipinski definition) is 3. The Balaban J connectivity index is 1.68. The summed E-state index contributed by atoms with van der Waals surface area (Å²) >= 11 is 0. The Morgan fingerprint density at radius 1 is 1.12 bits per heavy atom. The summed E-state index contributed by atoms with van der Waals surface area (Å²) in [4.78, 5) is 24.7. The molecule has 3 heteroatoms. The van der Waals surface area contributed by atoms with Crippen LogP contribution < -0.4 is 0 Å². The summed E-state index contributed by atoms with van der Waals surface area (Å²) < 4.78 is 6.34. The first-order valence-corrected chi connectivity index (χ1v) is 10.4. The van der Waals surface area contributed by atoms with E-state index in [0.717, 1.165) is 31.1 Å². The van der Waals surface area contributed by atoms with Crippen LogP contribution in [0.3, 0.4) is 0 Å². The Hall–Kier alpha value is -0.860. The first-order valence-electron chi connectivity index (χ1n) is 10.4. The second kappa shape index (κ2) is 6.70. The smallest absolute Gasteiger partial charge is 0.312 e. The molecule has 0 heterocycles. The summed E-state index contributed by atoms with van der Waals surface area (Å²) in [5.41, 5.74) is -0.728. The summed E-state index contributed by atoms with van der Waals surface area (Å²) in [5, 5.41) is 0. The third kappa shape index (κ3) is 3.40. The van der Waals surface area contributed by atoms with Crippen LogP contribution in [0.25, 0.3) is 0 Å². The van der Waals surface area contributed by atoms with Crippen LogP contribution in [0, 0.1) is 35.0 Å². The molecule has 0 amide bonds. The molecule has 4 aliphatic rings. The molecule has 0 N–H and O–H groups in total. The maximum Gasteiger partial charge on any atom is 0.312 e. The van der Waals surface area contributed by atoms with Gasteiger partial charge in [-0.2, -0.15) is 0 Å². The fourth-order valence-corrected chi connectivity index (χ4v) is 5.77. The number of carbonyl (C=O) groups is 2. The second-order valence-corrected chi connectivity index (χ2v) is 9.84. The Labute approximate surface area is 153 Å². The molecule has 25 heavy (non-hydrogen) atoms. The number of Topliss-reactive ketones (excluding diaryl/α,β-unsaturated/α-hetero) is 1. The largest absolute Gasteiger partial charge is 0.458 e. The Kier molecular flexibility index (Phi) is 5.07. The van der Waals surface area contributed by atoms with Crippen molar-refractivity contribution in [2.24, 2.45) is 35.0 Å². The average Bonchev–Trinajstić information content (AvgIpc) is 2.56. The molecule has 0 aromatic heterocycles. The first-order chi connectivity index (χ1) is 11.7. The molecule has 0 aliphatic heterocycles. The summed E-state index contributed by atoms with van der Waals surface area (Å²) in [6, 6.07) is 0. The number of ether oxygens (including phenoxy) is 1. The first kappa shape index (κ1) is 18.9. The van der Waals surface area contributed by atoms with Crippen molar-refractivity contribution in [2.45, 2.75) is 91.6 Å². The van der Waals surface area contributed by atoms with Crippen molar-refractivity contribution >= 4 is 11.8 Å². The van der Waals surface area contributed by atoms with Gasteiger partial charge in [0.2, 0.25) is 0 Å². The molecular weight excluding hydrogens is 312 g/mol. The zero-order valence-corrected chi connectivity index (χ0v) is 16.8. The van der Waals surface area contributed by atoms with Crippen LogP contribution in [0.1, 0.15) is 86.0 Å². The number of rotatable bonds is 7. The highest BCUT2D eigenvalue weighted by atomic mass is 16.6. The van der Waals surface area contributed by atoms with Crippen molar-refractivity contribution < 1.29 is 14.3 Å². The Morgan fingerprint density at radius 2 is 1.64 bits per heavy atom. The zero-order chi connectivity index (χ0) is 18.4. The predicted molar refractivity (Wildman–Crippen MR) is 99.0 cm³/mol. The lowest BCUT2D eigenvalue weighted by molar-refractivity contribution is -0.212. The molecule has 2 atom stereocenters. The normalized spacial score (nSPS) is 39.7. The van der Waals surface area contributed by atoms with Crippen molar-refractivity contribution in [1.82, 2.24) is 0 Å². The molecule has 142 valence electrons. The zero-order valence-electron chi connectivity index (χ0n) is 16.8. The van der Waals surface area contributed by atoms with E-state index < -0.39 is 5.41 Å². The minimum Gasteiger partial charge on any atom is -0.458 e. The summed E-state index contributed by atoms with van der Waals surface area (Å²) in [6.07, 6.45) is 8.69. The molecule has 0 aromatic carbocycles. The molecule has 0 aromatic rings. The quantitative estimate of drug-likeness (QED) is 0.596. The summed E-state index contributed by atoms with van der Waals surface area (Å²) in [7, 11) is 0. The molecule has 3 nitrogen and oxygen atoms in total. The van der Waals surface area contributed by atoms with Crippen LogP contribution in [-0.4, -0.2) is 17.4 Å². The van der Waals surface area contributed by atoms with E-state index in [1.165, 1.54) is 32.1 Å². The van der Waals surface area contributed by atoms with E-state index in [4.69, 9.17) is 4.74 Å². The molecule has 4 aliphatic carbocycles. The minimum atomic E-state index is -0.471. The van der Waals surface area contributed by atoms with E-state index in [1.807, 2.05) is 13.8 Å². The van der Waals surface area contributed by atoms with E-state index in [2.05, 4.69) is 13.8 Å². The van der Waals surface area contributed by atoms with Crippen molar-refractivity contribution in [1.29, 1.82) is 0 Å². The summed E-state index contributed by atoms with van der Waals surface area (Å²) in [6.45, 7) is 9.91. The van der Waals surface area contributed by atoms with Crippen LogP contribution in [0.4, 0.5) is 0 Å². The molecule has 0 saturated heterocycles. The third-order valence-electron chi connectivity index (χ3n) is 8.17. The van der Waals surface area contributed by atoms with Gasteiger partial charge in [0.1, 0.15) is 11.4 Å². The SMILES string of the molecule is CCC(C)(CCC(C)C(C)=O)C(=O)OC1(C)C2CC3CC(C2)CC1C3. The van der Waals surface area contributed by atoms with E-state index >= 15 is 0 Å². The van der Waals surface area contributed by atoms with Crippen molar-refractivity contribution in [3.05, 3.63) is 0 Å². The van der Waals surface area contributed by atoms with Gasteiger partial charge in [-0.1, -0.05) is 13.8 Å². The van der Waals surface area contributed by atoms with Gasteiger partial charge in [-0.25, -0.2) is 0 Å². The molecular formula is C22H36O3. The fraction of sp³-hybridized carbons (Fsp3) is 0.909. The standard InChI is InChI=1S/C22H36O3/c1-6-21(4,8-7-14(2)15(3)23)20(24)25-22(5)18-10-16-9-17(12-18)13-19(22)11-16/h14,16-19H,6-13H2,1-5H3. The van der Waals surface area contributed by atoms with Crippen molar-refractivity contribution in [2.75, 3.05) is 0 Å². The minimum absolute atomic E-state index is 0.0236. The van der Waals surface area contributed by atoms with E-state index in [9.17, 15) is 9.59 Å². The lowest BCUT2D eigenvalue weighted by Gasteiger charge is -2.59. The van der Waals surface area contributed by atoms with Gasteiger partial charge in [-0.05, 0) is 95.8 Å². The molecule has 4 saturated carbocycles. The van der Waals surface area contributed by atoms with Gasteiger partial charge in [0, 0.05) is 5.92 Å². The van der Waals surface area contributed by atoms with E-state index in [-0.39, 0.29) is 23.3 Å². The van der Waals surface area contributed by atoms with Gasteiger partial charge in [0.25, 0.3) is 0 Å². The number of ketones is 1. The average molecular weight is 349 g/mol. The number of esters is 1. The second-order valence-electron chi connectivity index (χ2n) is 9.84. The molecule has 0 radical (unpaired) electrons. The van der Waals surface area contributed by atoms with Crippen LogP contribution >= 0.6 is 0 Å². The van der Waals surface area contributed by atoms with E-state index in [0.29, 0.717) is 11.8 Å². The lowest BCUT2D eigenvalue weighted by Crippen LogP contribution is -2.58. The van der Waals surface area contributed by atoms with Crippen molar-refractivity contribution in [3.63, 3.8) is 0 Å². The number of carbonyl (C=O) groups excluding carboxylic acids is 2. The number of hydrogen-bond donors (Lipinski definition) is 0. The maximum atomic E-state index is 13.2. The monoisotopic (exact) mass is 348 g/mol. The summed E-state index contributed by atoms with van der Waals surface area (Å²) in [5.74, 6) is 3.08. The van der Waals surface area contributed by atoms with Crippen LogP contribution in [0.5, 0.6) is 0 Å². The van der Waals surface area contributed by atoms with Crippen LogP contribution in [0.2, 0.25) is 0 Å². The van der Waals surface area contributed by atoms with Gasteiger partial charge in [-0.15, -0.1) is 0 Å². The Morgan fingerprint density at radius 3 is 2.08 bits per heavy atom. The fourth-order valence-electron chi connectivity index (χ4n) is 5.77. The van der Waals surface area contributed by atoms with Crippen LogP contribution in [0.15, 0.2) is 0 Å². The highest BCUT2D eigenvalue weighted by molar-refractivity contribution is 5.79. The van der Waals surface area contributed by atoms with Gasteiger partial charge >= 0.3 is 5.97 Å². The van der Waals surface area contributed by atoms with Gasteiger partial charge < -0.3 is 4.74 Å². The molecule has 4 bridgehead atoms. The maximum absolute atomic E-state index is 13.2. The topological polar surface area (TPSA) is 43.4 Å². The highest BCUT2D eigenvalue weighted by Gasteiger charge is 2.57. The molecule has 2 unspecified atom stereocenters. The van der Waals surface area contributed by atoms with Crippen molar-refractivity contribution in [3.8, 4) is 0 Å². The lowest BCUT2D eigenvalue weighted by atomic mass is 9.50. The molecule has 4 fully saturated rings. The van der Waals surface area contributed by atoms with Gasteiger partial charge in [-0.3, -0.25) is 9.59 Å². The Bertz CT molecular complexity index is 509. The highest BCUT2D eigenvalue weighted by Crippen LogP contribution is 2.59. The molecule has 0 spiro atoms. The molecule has 4 rings (SSSR count). The van der Waals surface area contributed by atoms with E-state index in [1.54, 1.807) is 6.92 Å². The predicted octanol–water partition coefficient (Wildman–Crippen LogP) is 5.17.